The van der Waals surface area contributed by atoms with Crippen molar-refractivity contribution < 1.29 is 9.26 Å². The van der Waals surface area contributed by atoms with E-state index in [1.165, 1.54) is 5.56 Å². The van der Waals surface area contributed by atoms with E-state index in [0.29, 0.717) is 18.1 Å². The third kappa shape index (κ3) is 4.06. The number of aromatic nitrogens is 2. The maximum absolute atomic E-state index is 5.74. The van der Waals surface area contributed by atoms with Crippen LogP contribution in [0.2, 0.25) is 0 Å². The molecule has 102 valence electrons. The number of benzene rings is 1. The van der Waals surface area contributed by atoms with Gasteiger partial charge in [0.1, 0.15) is 0 Å². The van der Waals surface area contributed by atoms with Crippen molar-refractivity contribution in [3.63, 3.8) is 0 Å². The van der Waals surface area contributed by atoms with E-state index in [-0.39, 0.29) is 6.10 Å². The van der Waals surface area contributed by atoms with Crippen molar-refractivity contribution in [1.82, 2.24) is 10.1 Å². The largest absolute Gasteiger partial charge is 0.399 e. The highest BCUT2D eigenvalue weighted by Crippen LogP contribution is 2.10. The number of hydrogen-bond acceptors (Lipinski definition) is 5. The van der Waals surface area contributed by atoms with Gasteiger partial charge in [-0.05, 0) is 31.0 Å². The molecule has 1 heterocycles. The van der Waals surface area contributed by atoms with Crippen LogP contribution in [-0.4, -0.2) is 23.4 Å². The summed E-state index contributed by atoms with van der Waals surface area (Å²) in [5.41, 5.74) is 7.68. The van der Waals surface area contributed by atoms with Gasteiger partial charge in [0.2, 0.25) is 5.89 Å². The van der Waals surface area contributed by atoms with E-state index in [2.05, 4.69) is 10.1 Å². The van der Waals surface area contributed by atoms with Crippen molar-refractivity contribution in [3.05, 3.63) is 41.5 Å². The number of hydrogen-bond donors (Lipinski definition) is 1. The Morgan fingerprint density at radius 1 is 1.37 bits per heavy atom. The van der Waals surface area contributed by atoms with E-state index >= 15 is 0 Å². The second-order valence-electron chi connectivity index (χ2n) is 4.60. The van der Waals surface area contributed by atoms with E-state index < -0.39 is 0 Å². The molecule has 0 amide bonds. The zero-order valence-electron chi connectivity index (χ0n) is 11.3. The highest BCUT2D eigenvalue weighted by molar-refractivity contribution is 5.40. The molecule has 2 N–H and O–H groups in total. The number of nitrogen functional groups attached to an aromatic ring is 1. The number of anilines is 1. The van der Waals surface area contributed by atoms with Gasteiger partial charge in [0.05, 0.1) is 6.10 Å². The Bertz CT molecular complexity index is 525. The van der Waals surface area contributed by atoms with Gasteiger partial charge in [0, 0.05) is 25.6 Å². The normalized spacial score (nSPS) is 12.5. The second-order valence-corrected chi connectivity index (χ2v) is 4.60. The van der Waals surface area contributed by atoms with Gasteiger partial charge in [-0.25, -0.2) is 0 Å². The third-order valence-electron chi connectivity index (χ3n) is 2.96. The zero-order valence-corrected chi connectivity index (χ0v) is 11.3. The Kier molecular flexibility index (Phi) is 4.52. The lowest BCUT2D eigenvalue weighted by atomic mass is 10.1. The Morgan fingerprint density at radius 2 is 2.21 bits per heavy atom. The highest BCUT2D eigenvalue weighted by Gasteiger charge is 2.10. The molecule has 0 radical (unpaired) electrons. The van der Waals surface area contributed by atoms with Crippen molar-refractivity contribution in [2.45, 2.75) is 32.3 Å². The fourth-order valence-corrected chi connectivity index (χ4v) is 1.81. The number of rotatable bonds is 6. The first-order chi connectivity index (χ1) is 9.17. The Hall–Kier alpha value is -1.88. The summed E-state index contributed by atoms with van der Waals surface area (Å²) in [5.74, 6) is 1.35. The molecule has 1 aromatic heterocycles. The number of ether oxygens (including phenoxy) is 1. The quantitative estimate of drug-likeness (QED) is 0.805. The van der Waals surface area contributed by atoms with Crippen LogP contribution in [0, 0.1) is 0 Å². The van der Waals surface area contributed by atoms with Gasteiger partial charge in [-0.2, -0.15) is 4.98 Å². The minimum atomic E-state index is 0.0966. The third-order valence-corrected chi connectivity index (χ3v) is 2.96. The molecule has 5 heteroatoms. The fourth-order valence-electron chi connectivity index (χ4n) is 1.81. The van der Waals surface area contributed by atoms with Gasteiger partial charge in [-0.1, -0.05) is 17.3 Å². The molecule has 2 rings (SSSR count). The first-order valence-electron chi connectivity index (χ1n) is 6.36. The standard InChI is InChI=1S/C14H19N3O2/c1-10(18-2)8-13-16-14(19-17-13)7-6-11-4-3-5-12(15)9-11/h3-5,9-10H,6-8,15H2,1-2H3. The van der Waals surface area contributed by atoms with Crippen molar-refractivity contribution in [1.29, 1.82) is 0 Å². The molecule has 0 bridgehead atoms. The SMILES string of the molecule is COC(C)Cc1noc(CCc2cccc(N)c2)n1. The number of aryl methyl sites for hydroxylation is 2. The summed E-state index contributed by atoms with van der Waals surface area (Å²) in [5, 5.41) is 3.94. The van der Waals surface area contributed by atoms with Crippen molar-refractivity contribution in [3.8, 4) is 0 Å². The number of nitrogens with two attached hydrogens (primary N) is 1. The van der Waals surface area contributed by atoms with E-state index in [1.54, 1.807) is 7.11 Å². The molecule has 0 aliphatic heterocycles. The van der Waals surface area contributed by atoms with Gasteiger partial charge in [-0.15, -0.1) is 0 Å². The second kappa shape index (κ2) is 6.33. The van der Waals surface area contributed by atoms with E-state index in [0.717, 1.165) is 18.5 Å². The predicted molar refractivity (Wildman–Crippen MR) is 72.7 cm³/mol. The Morgan fingerprint density at radius 3 is 2.95 bits per heavy atom. The van der Waals surface area contributed by atoms with Crippen LogP contribution in [-0.2, 0) is 24.0 Å². The lowest BCUT2D eigenvalue weighted by molar-refractivity contribution is 0.116. The van der Waals surface area contributed by atoms with Crippen LogP contribution in [0.25, 0.3) is 0 Å². The molecule has 1 unspecified atom stereocenters. The maximum Gasteiger partial charge on any atom is 0.226 e. The molecule has 0 saturated heterocycles. The van der Waals surface area contributed by atoms with Crippen molar-refractivity contribution in [2.75, 3.05) is 12.8 Å². The number of nitrogens with zero attached hydrogens (tertiary/aromatic N) is 2. The van der Waals surface area contributed by atoms with Crippen molar-refractivity contribution in [2.24, 2.45) is 0 Å². The molecular formula is C14H19N3O2. The number of methoxy groups -OCH3 is 1. The van der Waals surface area contributed by atoms with Crippen LogP contribution in [0.5, 0.6) is 0 Å². The first kappa shape index (κ1) is 13.5. The van der Waals surface area contributed by atoms with Gasteiger partial charge < -0.3 is 15.0 Å². The molecule has 5 nitrogen and oxygen atoms in total. The molecule has 2 aromatic rings. The maximum atomic E-state index is 5.74. The lowest BCUT2D eigenvalue weighted by Gasteiger charge is -2.03. The highest BCUT2D eigenvalue weighted by atomic mass is 16.5. The molecule has 0 fully saturated rings. The van der Waals surface area contributed by atoms with E-state index in [1.807, 2.05) is 31.2 Å². The van der Waals surface area contributed by atoms with Crippen LogP contribution in [0.4, 0.5) is 5.69 Å². The molecule has 0 spiro atoms. The average Bonchev–Trinajstić information content (AvgIpc) is 2.84. The summed E-state index contributed by atoms with van der Waals surface area (Å²) in [6.07, 6.45) is 2.32. The van der Waals surface area contributed by atoms with Gasteiger partial charge >= 0.3 is 0 Å². The van der Waals surface area contributed by atoms with Gasteiger partial charge in [0.15, 0.2) is 5.82 Å². The van der Waals surface area contributed by atoms with Gasteiger partial charge in [-0.3, -0.25) is 0 Å². The van der Waals surface area contributed by atoms with Crippen LogP contribution in [0.1, 0.15) is 24.2 Å². The summed E-state index contributed by atoms with van der Waals surface area (Å²) in [4.78, 5) is 4.35. The molecule has 0 aliphatic carbocycles. The van der Waals surface area contributed by atoms with Crippen LogP contribution in [0.3, 0.4) is 0 Å². The average molecular weight is 261 g/mol. The van der Waals surface area contributed by atoms with Crippen LogP contribution >= 0.6 is 0 Å². The van der Waals surface area contributed by atoms with E-state index in [4.69, 9.17) is 15.0 Å². The van der Waals surface area contributed by atoms with Crippen LogP contribution < -0.4 is 5.73 Å². The smallest absolute Gasteiger partial charge is 0.226 e. The summed E-state index contributed by atoms with van der Waals surface area (Å²) in [6.45, 7) is 1.97. The topological polar surface area (TPSA) is 74.2 Å². The van der Waals surface area contributed by atoms with Crippen LogP contribution in [0.15, 0.2) is 28.8 Å². The molecule has 0 saturated carbocycles. The summed E-state index contributed by atoms with van der Waals surface area (Å²) < 4.78 is 10.4. The predicted octanol–water partition coefficient (Wildman–Crippen LogP) is 2.01. The van der Waals surface area contributed by atoms with Crippen molar-refractivity contribution >= 4 is 5.69 Å². The lowest BCUT2D eigenvalue weighted by Crippen LogP contribution is -2.09. The van der Waals surface area contributed by atoms with Gasteiger partial charge in [0.25, 0.3) is 0 Å². The summed E-state index contributed by atoms with van der Waals surface area (Å²) >= 11 is 0. The summed E-state index contributed by atoms with van der Waals surface area (Å²) in [7, 11) is 1.67. The molecule has 0 aliphatic rings. The Labute approximate surface area is 112 Å². The molecule has 1 aromatic carbocycles. The molecular weight excluding hydrogens is 242 g/mol. The fraction of sp³-hybridized carbons (Fsp3) is 0.429. The first-order valence-corrected chi connectivity index (χ1v) is 6.36. The Balaban J connectivity index is 1.90. The minimum Gasteiger partial charge on any atom is -0.399 e. The molecule has 1 atom stereocenters. The molecule has 19 heavy (non-hydrogen) atoms. The monoisotopic (exact) mass is 261 g/mol. The minimum absolute atomic E-state index is 0.0966. The van der Waals surface area contributed by atoms with E-state index in [9.17, 15) is 0 Å². The summed E-state index contributed by atoms with van der Waals surface area (Å²) in [6, 6.07) is 7.83. The zero-order chi connectivity index (χ0) is 13.7.